The molecule has 5 N–H and O–H groups in total. The monoisotopic (exact) mass is 627 g/mol. The number of phenols is 1. The van der Waals surface area contributed by atoms with E-state index in [0.29, 0.717) is 41.0 Å². The fraction of sp³-hybridized carbons (Fsp3) is 0.207. The Morgan fingerprint density at radius 1 is 1.05 bits per heavy atom. The number of carbonyl (C=O) groups is 3. The predicted octanol–water partition coefficient (Wildman–Crippen LogP) is 6.68. The van der Waals surface area contributed by atoms with Crippen LogP contribution in [0, 0.1) is 9.49 Å². The number of Topliss-reactive ketones (excluding diaryl/α,β-unsaturated/α-hetero) is 1. The van der Waals surface area contributed by atoms with Gasteiger partial charge >= 0.3 is 6.09 Å². The number of hydrogen-bond donors (Lipinski definition) is 4. The van der Waals surface area contributed by atoms with Gasteiger partial charge in [0.05, 0.1) is 11.4 Å². The molecule has 0 saturated carbocycles. The Kier molecular flexibility index (Phi) is 10.3. The molecule has 3 rings (SSSR count). The summed E-state index contributed by atoms with van der Waals surface area (Å²) in [6.07, 6.45) is 2.87. The molecule has 38 heavy (non-hydrogen) atoms. The van der Waals surface area contributed by atoms with Crippen LogP contribution in [0.1, 0.15) is 48.7 Å². The number of carbonyl (C=O) groups excluding carboxylic acids is 3. The number of nitrogen functional groups attached to an aromatic ring is 1. The number of ether oxygens (including phenoxy) is 1. The summed E-state index contributed by atoms with van der Waals surface area (Å²) in [5.41, 5.74) is 8.39. The number of hydrogen-bond acceptors (Lipinski definition) is 6. The van der Waals surface area contributed by atoms with Crippen molar-refractivity contribution in [1.82, 2.24) is 0 Å². The van der Waals surface area contributed by atoms with Gasteiger partial charge in [-0.25, -0.2) is 4.79 Å². The molecule has 0 radical (unpaired) electrons. The van der Waals surface area contributed by atoms with Gasteiger partial charge in [-0.1, -0.05) is 25.1 Å². The molecule has 0 aliphatic heterocycles. The van der Waals surface area contributed by atoms with Crippen molar-refractivity contribution in [3.8, 4) is 5.75 Å². The smallest absolute Gasteiger partial charge is 0.412 e. The Hall–Kier alpha value is -3.86. The molecule has 2 amide bonds. The average Bonchev–Trinajstić information content (AvgIpc) is 2.88. The standard InChI is InChI=1S/C29H30IN3O5/c1-18(7-3-6-10-27(36)33-25-9-5-4-8-24(25)31)28(23-17-21(30)13-16-26(23)35)38-29(37)32-22-14-11-20(12-15-22)19(2)34/h4-6,8-18,28,35H,3,7,31H2,1-2H3,(H,32,37)(H,33,36)/b10-6+/t18-,28-/m0/s1. The molecule has 8 nitrogen and oxygen atoms in total. The highest BCUT2D eigenvalue weighted by Crippen LogP contribution is 2.36. The third kappa shape index (κ3) is 8.34. The number of phenolic OH excluding ortho intramolecular Hbond substituents is 1. The van der Waals surface area contributed by atoms with Crippen LogP contribution in [0.3, 0.4) is 0 Å². The Labute approximate surface area is 235 Å². The van der Waals surface area contributed by atoms with E-state index < -0.39 is 12.2 Å². The maximum absolute atomic E-state index is 12.8. The number of ketones is 1. The molecule has 3 aromatic rings. The van der Waals surface area contributed by atoms with E-state index in [1.54, 1.807) is 72.8 Å². The van der Waals surface area contributed by atoms with Gasteiger partial charge in [-0.05, 0) is 109 Å². The minimum Gasteiger partial charge on any atom is -0.508 e. The van der Waals surface area contributed by atoms with Crippen molar-refractivity contribution in [2.24, 2.45) is 5.92 Å². The lowest BCUT2D eigenvalue weighted by atomic mass is 9.92. The van der Waals surface area contributed by atoms with Gasteiger partial charge < -0.3 is 20.9 Å². The van der Waals surface area contributed by atoms with Crippen LogP contribution in [-0.2, 0) is 9.53 Å². The van der Waals surface area contributed by atoms with Gasteiger partial charge in [0, 0.05) is 20.4 Å². The maximum atomic E-state index is 12.8. The lowest BCUT2D eigenvalue weighted by molar-refractivity contribution is -0.111. The Bertz CT molecular complexity index is 1320. The van der Waals surface area contributed by atoms with E-state index in [9.17, 15) is 19.5 Å². The van der Waals surface area contributed by atoms with Crippen molar-refractivity contribution < 1.29 is 24.2 Å². The number of para-hydroxylation sites is 2. The van der Waals surface area contributed by atoms with Crippen LogP contribution in [0.5, 0.6) is 5.75 Å². The van der Waals surface area contributed by atoms with Crippen molar-refractivity contribution >= 4 is 57.4 Å². The first kappa shape index (κ1) is 28.7. The summed E-state index contributed by atoms with van der Waals surface area (Å²) in [7, 11) is 0. The quantitative estimate of drug-likeness (QED) is 0.0859. The first-order valence-electron chi connectivity index (χ1n) is 12.0. The largest absolute Gasteiger partial charge is 0.508 e. The summed E-state index contributed by atoms with van der Waals surface area (Å²) in [6, 6.07) is 18.6. The molecular weight excluding hydrogens is 597 g/mol. The summed E-state index contributed by atoms with van der Waals surface area (Å²) in [5.74, 6) is -0.537. The van der Waals surface area contributed by atoms with Gasteiger partial charge in [0.25, 0.3) is 0 Å². The third-order valence-electron chi connectivity index (χ3n) is 5.86. The number of amides is 2. The molecule has 0 bridgehead atoms. The van der Waals surface area contributed by atoms with Crippen LogP contribution in [0.25, 0.3) is 0 Å². The highest BCUT2D eigenvalue weighted by atomic mass is 127. The maximum Gasteiger partial charge on any atom is 0.412 e. The van der Waals surface area contributed by atoms with Crippen molar-refractivity contribution in [2.75, 3.05) is 16.4 Å². The number of benzene rings is 3. The van der Waals surface area contributed by atoms with Gasteiger partial charge in [0.1, 0.15) is 11.9 Å². The van der Waals surface area contributed by atoms with Gasteiger partial charge in [0.2, 0.25) is 5.91 Å². The molecule has 9 heteroatoms. The fourth-order valence-corrected chi connectivity index (χ4v) is 4.29. The first-order valence-corrected chi connectivity index (χ1v) is 13.1. The minimum atomic E-state index is -0.743. The number of nitrogens with two attached hydrogens (primary N) is 1. The lowest BCUT2D eigenvalue weighted by Gasteiger charge is -2.25. The van der Waals surface area contributed by atoms with Crippen LogP contribution in [0.2, 0.25) is 0 Å². The number of aromatic hydroxyl groups is 1. The summed E-state index contributed by atoms with van der Waals surface area (Å²) in [6.45, 7) is 3.38. The van der Waals surface area contributed by atoms with E-state index in [1.807, 2.05) is 6.92 Å². The molecule has 0 heterocycles. The van der Waals surface area contributed by atoms with Gasteiger partial charge in [-0.2, -0.15) is 0 Å². The molecule has 0 aliphatic rings. The highest BCUT2D eigenvalue weighted by Gasteiger charge is 2.26. The number of anilines is 3. The Balaban J connectivity index is 1.66. The Morgan fingerprint density at radius 3 is 2.45 bits per heavy atom. The van der Waals surface area contributed by atoms with Crippen molar-refractivity contribution in [3.63, 3.8) is 0 Å². The SMILES string of the molecule is CC(=O)c1ccc(NC(=O)O[C@H](c2cc(I)ccc2O)[C@@H](C)CC/C=C/C(=O)Nc2ccccc2N)cc1. The van der Waals surface area contributed by atoms with Gasteiger partial charge in [0.15, 0.2) is 5.78 Å². The second-order valence-electron chi connectivity index (χ2n) is 8.82. The summed E-state index contributed by atoms with van der Waals surface area (Å²) < 4.78 is 6.67. The molecule has 2 atom stereocenters. The molecule has 0 saturated heterocycles. The van der Waals surface area contributed by atoms with Crippen molar-refractivity contribution in [3.05, 3.63) is 93.6 Å². The van der Waals surface area contributed by atoms with E-state index in [-0.39, 0.29) is 23.4 Å². The van der Waals surface area contributed by atoms with Gasteiger partial charge in [-0.15, -0.1) is 0 Å². The van der Waals surface area contributed by atoms with Crippen LogP contribution < -0.4 is 16.4 Å². The summed E-state index contributed by atoms with van der Waals surface area (Å²) in [5, 5.41) is 15.9. The number of halogens is 1. The summed E-state index contributed by atoms with van der Waals surface area (Å²) >= 11 is 2.13. The van der Waals surface area contributed by atoms with E-state index in [4.69, 9.17) is 10.5 Å². The number of allylic oxidation sites excluding steroid dienone is 1. The van der Waals surface area contributed by atoms with E-state index >= 15 is 0 Å². The van der Waals surface area contributed by atoms with E-state index in [1.165, 1.54) is 13.0 Å². The zero-order valence-corrected chi connectivity index (χ0v) is 23.3. The van der Waals surface area contributed by atoms with Crippen LogP contribution in [-0.4, -0.2) is 22.9 Å². The van der Waals surface area contributed by atoms with E-state index in [0.717, 1.165) is 3.57 Å². The van der Waals surface area contributed by atoms with E-state index in [2.05, 4.69) is 33.2 Å². The molecule has 198 valence electrons. The zero-order valence-electron chi connectivity index (χ0n) is 21.1. The zero-order chi connectivity index (χ0) is 27.7. The minimum absolute atomic E-state index is 0.0243. The molecular formula is C29H30IN3O5. The van der Waals surface area contributed by atoms with Crippen LogP contribution >= 0.6 is 22.6 Å². The van der Waals surface area contributed by atoms with Crippen LogP contribution in [0.4, 0.5) is 21.9 Å². The first-order chi connectivity index (χ1) is 18.1. The molecule has 0 fully saturated rings. The van der Waals surface area contributed by atoms with Crippen LogP contribution in [0.15, 0.2) is 78.9 Å². The van der Waals surface area contributed by atoms with Crippen molar-refractivity contribution in [2.45, 2.75) is 32.8 Å². The predicted molar refractivity (Wildman–Crippen MR) is 157 cm³/mol. The fourth-order valence-electron chi connectivity index (χ4n) is 3.78. The van der Waals surface area contributed by atoms with Gasteiger partial charge in [-0.3, -0.25) is 14.9 Å². The molecule has 0 spiro atoms. The number of rotatable bonds is 10. The third-order valence-corrected chi connectivity index (χ3v) is 6.53. The second kappa shape index (κ2) is 13.6. The Morgan fingerprint density at radius 2 is 1.76 bits per heavy atom. The molecule has 0 unspecified atom stereocenters. The number of nitrogens with one attached hydrogen (secondary N) is 2. The lowest BCUT2D eigenvalue weighted by Crippen LogP contribution is -2.22. The molecule has 0 aliphatic carbocycles. The van der Waals surface area contributed by atoms with Crippen molar-refractivity contribution in [1.29, 1.82) is 0 Å². The second-order valence-corrected chi connectivity index (χ2v) is 10.1. The average molecular weight is 627 g/mol. The topological polar surface area (TPSA) is 131 Å². The molecule has 3 aromatic carbocycles. The normalized spacial score (nSPS) is 12.5. The highest BCUT2D eigenvalue weighted by molar-refractivity contribution is 14.1. The summed E-state index contributed by atoms with van der Waals surface area (Å²) in [4.78, 5) is 36.5. The molecule has 0 aromatic heterocycles.